The number of pyridine rings is 1. The molecule has 190 valence electrons. The summed E-state index contributed by atoms with van der Waals surface area (Å²) in [6, 6.07) is 11.4. The van der Waals surface area contributed by atoms with Crippen LogP contribution in [0.4, 0.5) is 24.5 Å². The van der Waals surface area contributed by atoms with E-state index in [1.807, 2.05) is 11.2 Å². The van der Waals surface area contributed by atoms with Gasteiger partial charge in [0.15, 0.2) is 0 Å². The number of hydrogen-bond acceptors (Lipinski definition) is 7. The second-order valence-electron chi connectivity index (χ2n) is 9.71. The number of fused-ring (bicyclic) bond motifs is 1. The molecule has 2 heterocycles. The molecule has 4 N–H and O–H groups in total. The minimum Gasteiger partial charge on any atom is -0.380 e. The fourth-order valence-corrected chi connectivity index (χ4v) is 5.02. The van der Waals surface area contributed by atoms with Crippen LogP contribution in [0.1, 0.15) is 42.9 Å². The lowest BCUT2D eigenvalue weighted by Gasteiger charge is -2.36. The summed E-state index contributed by atoms with van der Waals surface area (Å²) in [7, 11) is 0. The van der Waals surface area contributed by atoms with Gasteiger partial charge in [0.1, 0.15) is 11.9 Å². The van der Waals surface area contributed by atoms with E-state index in [-0.39, 0.29) is 30.3 Å². The number of benzene rings is 2. The maximum atomic E-state index is 13.7. The van der Waals surface area contributed by atoms with Crippen molar-refractivity contribution in [3.8, 4) is 6.07 Å². The van der Waals surface area contributed by atoms with Crippen molar-refractivity contribution >= 4 is 33.9 Å². The molecule has 2 saturated carbocycles. The van der Waals surface area contributed by atoms with Crippen molar-refractivity contribution in [3.05, 3.63) is 76.5 Å². The highest BCUT2D eigenvalue weighted by Crippen LogP contribution is 2.42. The van der Waals surface area contributed by atoms with E-state index in [0.717, 1.165) is 24.1 Å². The van der Waals surface area contributed by atoms with Gasteiger partial charge >= 0.3 is 0 Å². The Bertz CT molecular complexity index is 1420. The topological polar surface area (TPSA) is 88.0 Å². The van der Waals surface area contributed by atoms with Crippen LogP contribution in [0.5, 0.6) is 0 Å². The van der Waals surface area contributed by atoms with Crippen LogP contribution >= 0.6 is 11.6 Å². The summed E-state index contributed by atoms with van der Waals surface area (Å²) in [4.78, 5) is 4.34. The molecule has 3 aromatic rings. The molecule has 0 saturated heterocycles. The van der Waals surface area contributed by atoms with Gasteiger partial charge in [-0.15, -0.1) is 5.53 Å². The van der Waals surface area contributed by atoms with Crippen molar-refractivity contribution in [1.29, 1.82) is 5.26 Å². The maximum Gasteiger partial charge on any atom is 0.252 e. The number of hydrogen-bond donors (Lipinski definition) is 4. The Morgan fingerprint density at radius 2 is 1.95 bits per heavy atom. The van der Waals surface area contributed by atoms with Crippen LogP contribution in [0.25, 0.3) is 10.9 Å². The van der Waals surface area contributed by atoms with Gasteiger partial charge in [-0.1, -0.05) is 23.7 Å². The number of nitriles is 1. The minimum absolute atomic E-state index is 0.246. The van der Waals surface area contributed by atoms with Gasteiger partial charge in [-0.25, -0.2) is 13.2 Å². The molecule has 1 aromatic heterocycles. The van der Waals surface area contributed by atoms with Gasteiger partial charge in [-0.2, -0.15) is 5.26 Å². The van der Waals surface area contributed by atoms with Gasteiger partial charge in [0, 0.05) is 48.4 Å². The molecule has 37 heavy (non-hydrogen) atoms. The summed E-state index contributed by atoms with van der Waals surface area (Å²) in [6.45, 7) is 0. The molecule has 1 unspecified atom stereocenters. The molecule has 1 atom stereocenters. The normalized spacial score (nSPS) is 19.5. The van der Waals surface area contributed by atoms with Gasteiger partial charge < -0.3 is 16.1 Å². The third-order valence-electron chi connectivity index (χ3n) is 6.86. The molecule has 2 aliphatic carbocycles. The second-order valence-corrected chi connectivity index (χ2v) is 10.1. The highest BCUT2D eigenvalue weighted by molar-refractivity contribution is 6.35. The van der Waals surface area contributed by atoms with Crippen molar-refractivity contribution < 1.29 is 13.2 Å². The third-order valence-corrected chi connectivity index (χ3v) is 7.15. The zero-order valence-electron chi connectivity index (χ0n) is 19.5. The standard InChI is InChI=1S/C26H23ClF3N7/c27-21-8-17(7-20-23(15(11-31)12-32-25(20)21)34-18-9-26(29,30)10-18)33-24(14-1-3-16(28)4-2-14)22-13-37(36-35-22)19-5-6-19/h1-4,7-8,12-13,18-19,24,33,35-36H,5-6,9-10H2,(H,32,34). The number of halogens is 4. The third kappa shape index (κ3) is 4.72. The Hall–Kier alpha value is -3.68. The number of rotatable bonds is 7. The van der Waals surface area contributed by atoms with Crippen molar-refractivity contribution in [3.63, 3.8) is 0 Å². The Morgan fingerprint density at radius 1 is 1.19 bits per heavy atom. The number of alkyl halides is 2. The average Bonchev–Trinajstić information content (AvgIpc) is 3.59. The summed E-state index contributed by atoms with van der Waals surface area (Å²) in [6.07, 6.45) is 4.98. The first-order valence-corrected chi connectivity index (χ1v) is 12.4. The Labute approximate surface area is 216 Å². The van der Waals surface area contributed by atoms with Crippen LogP contribution in [0.15, 0.2) is 54.5 Å². The van der Waals surface area contributed by atoms with E-state index in [0.29, 0.717) is 33.3 Å². The van der Waals surface area contributed by atoms with Gasteiger partial charge in [0.05, 0.1) is 33.5 Å². The molecule has 0 amide bonds. The summed E-state index contributed by atoms with van der Waals surface area (Å²) >= 11 is 6.61. The number of nitrogens with zero attached hydrogens (tertiary/aromatic N) is 3. The van der Waals surface area contributed by atoms with Gasteiger partial charge in [0.2, 0.25) is 0 Å². The van der Waals surface area contributed by atoms with Crippen LogP contribution in [0.2, 0.25) is 5.02 Å². The van der Waals surface area contributed by atoms with E-state index in [4.69, 9.17) is 11.6 Å². The fourth-order valence-electron chi connectivity index (χ4n) is 4.75. The summed E-state index contributed by atoms with van der Waals surface area (Å²) < 4.78 is 40.6. The highest BCUT2D eigenvalue weighted by Gasteiger charge is 2.45. The van der Waals surface area contributed by atoms with Crippen molar-refractivity contribution in [2.75, 3.05) is 10.6 Å². The predicted molar refractivity (Wildman–Crippen MR) is 135 cm³/mol. The minimum atomic E-state index is -2.70. The summed E-state index contributed by atoms with van der Waals surface area (Å²) in [5.41, 5.74) is 9.75. The van der Waals surface area contributed by atoms with Crippen molar-refractivity contribution in [1.82, 2.24) is 21.0 Å². The van der Waals surface area contributed by atoms with Gasteiger partial charge in [-0.3, -0.25) is 9.99 Å². The number of aromatic nitrogens is 1. The Kier molecular flexibility index (Phi) is 5.77. The lowest BCUT2D eigenvalue weighted by molar-refractivity contribution is -0.0793. The molecule has 0 spiro atoms. The Balaban J connectivity index is 1.38. The number of nitrogens with one attached hydrogen (secondary N) is 4. The first-order chi connectivity index (χ1) is 17.8. The summed E-state index contributed by atoms with van der Waals surface area (Å²) in [5, 5.41) is 19.2. The monoisotopic (exact) mass is 525 g/mol. The highest BCUT2D eigenvalue weighted by atomic mass is 35.5. The zero-order chi connectivity index (χ0) is 25.7. The van der Waals surface area contributed by atoms with E-state index in [9.17, 15) is 18.4 Å². The maximum absolute atomic E-state index is 13.7. The van der Waals surface area contributed by atoms with Crippen LogP contribution in [-0.4, -0.2) is 28.0 Å². The molecule has 1 aliphatic heterocycles. The van der Waals surface area contributed by atoms with Crippen molar-refractivity contribution in [2.45, 2.75) is 49.7 Å². The predicted octanol–water partition coefficient (Wildman–Crippen LogP) is 5.59. The first-order valence-electron chi connectivity index (χ1n) is 12.0. The molecule has 2 aromatic carbocycles. The molecule has 6 rings (SSSR count). The SMILES string of the molecule is N#Cc1cnc2c(Cl)cc(NC(C3=CN(C4CC4)NN3)c3ccc(F)cc3)cc2c1NC1CC(F)(F)C1. The number of hydrazine groups is 2. The first kappa shape index (κ1) is 23.7. The van der Waals surface area contributed by atoms with Gasteiger partial charge in [-0.05, 0) is 42.7 Å². The van der Waals surface area contributed by atoms with E-state index >= 15 is 0 Å². The largest absolute Gasteiger partial charge is 0.380 e. The Morgan fingerprint density at radius 3 is 2.62 bits per heavy atom. The number of anilines is 2. The van der Waals surface area contributed by atoms with E-state index in [1.54, 1.807) is 24.3 Å². The lowest BCUT2D eigenvalue weighted by atomic mass is 9.87. The van der Waals surface area contributed by atoms with Crippen LogP contribution in [0.3, 0.4) is 0 Å². The summed E-state index contributed by atoms with van der Waals surface area (Å²) in [5.74, 6) is -3.04. The van der Waals surface area contributed by atoms with E-state index < -0.39 is 12.0 Å². The van der Waals surface area contributed by atoms with E-state index in [1.165, 1.54) is 18.3 Å². The fraction of sp³-hybridized carbons (Fsp3) is 0.308. The molecular formula is C26H23ClF3N7. The molecule has 2 fully saturated rings. The van der Waals surface area contributed by atoms with E-state index in [2.05, 4.69) is 32.6 Å². The van der Waals surface area contributed by atoms with Crippen LogP contribution in [0, 0.1) is 17.1 Å². The molecule has 0 bridgehead atoms. The van der Waals surface area contributed by atoms with Gasteiger partial charge in [0.25, 0.3) is 5.92 Å². The second kappa shape index (κ2) is 9.01. The molecule has 7 nitrogen and oxygen atoms in total. The quantitative estimate of drug-likeness (QED) is 0.320. The molecular weight excluding hydrogens is 503 g/mol. The van der Waals surface area contributed by atoms with Crippen LogP contribution in [-0.2, 0) is 0 Å². The molecule has 11 heteroatoms. The molecule has 3 aliphatic rings. The molecule has 0 radical (unpaired) electrons. The lowest BCUT2D eigenvalue weighted by Crippen LogP contribution is -2.44. The van der Waals surface area contributed by atoms with Crippen LogP contribution < -0.4 is 21.6 Å². The zero-order valence-corrected chi connectivity index (χ0v) is 20.3. The smallest absolute Gasteiger partial charge is 0.252 e. The average molecular weight is 526 g/mol. The van der Waals surface area contributed by atoms with Crippen molar-refractivity contribution in [2.24, 2.45) is 0 Å².